The molecule has 7 aromatic rings. The van der Waals surface area contributed by atoms with Gasteiger partial charge in [-0.15, -0.1) is 0 Å². The minimum atomic E-state index is -0.226. The van der Waals surface area contributed by atoms with Crippen molar-refractivity contribution < 1.29 is 13.6 Å². The SMILES string of the molecule is CC1(C)c2ccccc2B2c3cc4c(cc3Oc3cc5oc6ccccc6c5c1c32)oc1ccccc14. The summed E-state index contributed by atoms with van der Waals surface area (Å²) in [5.74, 6) is 1.72. The van der Waals surface area contributed by atoms with E-state index in [1.54, 1.807) is 0 Å². The highest BCUT2D eigenvalue weighted by Gasteiger charge is 2.46. The average Bonchev–Trinajstić information content (AvgIpc) is 3.46. The van der Waals surface area contributed by atoms with Crippen molar-refractivity contribution in [3.63, 3.8) is 0 Å². The molecule has 174 valence electrons. The Labute approximate surface area is 213 Å². The lowest BCUT2D eigenvalue weighted by Gasteiger charge is -2.41. The third-order valence-corrected chi connectivity index (χ3v) is 8.57. The maximum Gasteiger partial charge on any atom is 0.251 e. The second kappa shape index (κ2) is 6.46. The Morgan fingerprint density at radius 1 is 0.595 bits per heavy atom. The first kappa shape index (κ1) is 19.7. The predicted molar refractivity (Wildman–Crippen MR) is 151 cm³/mol. The number of benzene rings is 5. The summed E-state index contributed by atoms with van der Waals surface area (Å²) in [5, 5.41) is 4.61. The monoisotopic (exact) mass is 476 g/mol. The highest BCUT2D eigenvalue weighted by Crippen LogP contribution is 2.46. The Kier molecular flexibility index (Phi) is 3.44. The van der Waals surface area contributed by atoms with E-state index in [0.717, 1.165) is 50.0 Å². The number of para-hydroxylation sites is 2. The van der Waals surface area contributed by atoms with E-state index in [2.05, 4.69) is 86.6 Å². The molecule has 2 aliphatic heterocycles. The molecule has 5 aromatic carbocycles. The fourth-order valence-corrected chi connectivity index (χ4v) is 7.03. The maximum absolute atomic E-state index is 6.72. The summed E-state index contributed by atoms with van der Waals surface area (Å²) >= 11 is 0. The van der Waals surface area contributed by atoms with Crippen LogP contribution in [0.15, 0.2) is 99.8 Å². The predicted octanol–water partition coefficient (Wildman–Crippen LogP) is 6.75. The molecule has 3 nitrogen and oxygen atoms in total. The second-order valence-corrected chi connectivity index (χ2v) is 10.9. The van der Waals surface area contributed by atoms with E-state index in [1.807, 2.05) is 18.2 Å². The van der Waals surface area contributed by atoms with Crippen LogP contribution in [0.25, 0.3) is 43.9 Å². The average molecular weight is 476 g/mol. The van der Waals surface area contributed by atoms with Crippen molar-refractivity contribution in [3.8, 4) is 11.5 Å². The van der Waals surface area contributed by atoms with Gasteiger partial charge in [-0.25, -0.2) is 0 Å². The fraction of sp³-hybridized carbons (Fsp3) is 0.0909. The summed E-state index contributed by atoms with van der Waals surface area (Å²) in [6, 6.07) is 32.0. The van der Waals surface area contributed by atoms with Gasteiger partial charge < -0.3 is 13.6 Å². The topological polar surface area (TPSA) is 35.5 Å². The van der Waals surface area contributed by atoms with Crippen LogP contribution in [0.2, 0.25) is 0 Å². The first-order valence-electron chi connectivity index (χ1n) is 12.8. The van der Waals surface area contributed by atoms with Crippen molar-refractivity contribution >= 4 is 67.0 Å². The van der Waals surface area contributed by atoms with Crippen LogP contribution in [0.3, 0.4) is 0 Å². The van der Waals surface area contributed by atoms with E-state index in [0.29, 0.717) is 0 Å². The summed E-state index contributed by atoms with van der Waals surface area (Å²) in [5.41, 5.74) is 9.72. The number of furan rings is 2. The van der Waals surface area contributed by atoms with E-state index < -0.39 is 0 Å². The maximum atomic E-state index is 6.72. The van der Waals surface area contributed by atoms with Crippen LogP contribution in [0, 0.1) is 0 Å². The van der Waals surface area contributed by atoms with E-state index in [-0.39, 0.29) is 12.1 Å². The van der Waals surface area contributed by atoms with Gasteiger partial charge in [-0.05, 0) is 34.2 Å². The second-order valence-electron chi connectivity index (χ2n) is 10.9. The molecular formula is C33H21BO3. The van der Waals surface area contributed by atoms with Crippen molar-refractivity contribution in [2.75, 3.05) is 0 Å². The summed E-state index contributed by atoms with van der Waals surface area (Å²) in [4.78, 5) is 0. The number of fused-ring (bicyclic) bond motifs is 11. The molecule has 0 saturated carbocycles. The molecule has 2 aliphatic rings. The van der Waals surface area contributed by atoms with E-state index >= 15 is 0 Å². The Balaban J connectivity index is 1.46. The van der Waals surface area contributed by atoms with Gasteiger partial charge in [0.2, 0.25) is 0 Å². The van der Waals surface area contributed by atoms with Crippen molar-refractivity contribution in [1.82, 2.24) is 0 Å². The molecule has 0 spiro atoms. The molecule has 4 heterocycles. The van der Waals surface area contributed by atoms with Gasteiger partial charge in [0.1, 0.15) is 33.8 Å². The zero-order valence-electron chi connectivity index (χ0n) is 20.5. The summed E-state index contributed by atoms with van der Waals surface area (Å²) < 4.78 is 19.3. The Morgan fingerprint density at radius 2 is 1.27 bits per heavy atom. The molecule has 2 aromatic heterocycles. The molecule has 37 heavy (non-hydrogen) atoms. The van der Waals surface area contributed by atoms with Gasteiger partial charge >= 0.3 is 0 Å². The van der Waals surface area contributed by atoms with Crippen LogP contribution in [-0.2, 0) is 5.41 Å². The molecule has 0 amide bonds. The standard InChI is InChI=1S/C33H21BO3/c1-33(2)21-11-5-6-12-22(21)34-23-15-20-18-9-3-7-13-24(18)35-26(20)16-27(23)37-29-17-28-30(31(33)32(29)34)19-10-4-8-14-25(19)36-28/h3-17H,1-2H3. The molecule has 0 atom stereocenters. The first-order chi connectivity index (χ1) is 18.1. The summed E-state index contributed by atoms with van der Waals surface area (Å²) in [6.07, 6.45) is 0. The van der Waals surface area contributed by atoms with Gasteiger partial charge in [-0.2, -0.15) is 0 Å². The molecular weight excluding hydrogens is 455 g/mol. The van der Waals surface area contributed by atoms with Crippen LogP contribution in [0.5, 0.6) is 11.5 Å². The van der Waals surface area contributed by atoms with Crippen molar-refractivity contribution in [2.24, 2.45) is 0 Å². The van der Waals surface area contributed by atoms with Gasteiger partial charge in [0, 0.05) is 39.1 Å². The molecule has 9 rings (SSSR count). The van der Waals surface area contributed by atoms with Gasteiger partial charge in [0.15, 0.2) is 0 Å². The van der Waals surface area contributed by atoms with Crippen molar-refractivity contribution in [2.45, 2.75) is 19.3 Å². The fourth-order valence-electron chi connectivity index (χ4n) is 7.03. The zero-order valence-corrected chi connectivity index (χ0v) is 20.5. The quantitative estimate of drug-likeness (QED) is 0.227. The first-order valence-corrected chi connectivity index (χ1v) is 12.8. The molecule has 0 unspecified atom stereocenters. The largest absolute Gasteiger partial charge is 0.458 e. The van der Waals surface area contributed by atoms with Gasteiger partial charge in [-0.3, -0.25) is 0 Å². The normalized spacial score (nSPS) is 15.1. The zero-order chi connectivity index (χ0) is 24.5. The van der Waals surface area contributed by atoms with Crippen LogP contribution in [-0.4, -0.2) is 6.71 Å². The van der Waals surface area contributed by atoms with Crippen LogP contribution < -0.4 is 21.1 Å². The molecule has 0 fully saturated rings. The lowest BCUT2D eigenvalue weighted by molar-refractivity contribution is 0.483. The smallest absolute Gasteiger partial charge is 0.251 e. The molecule has 0 radical (unpaired) electrons. The van der Waals surface area contributed by atoms with Gasteiger partial charge in [0.25, 0.3) is 6.71 Å². The minimum absolute atomic E-state index is 0.0640. The number of ether oxygens (including phenoxy) is 1. The summed E-state index contributed by atoms with van der Waals surface area (Å²) in [6.45, 7) is 4.73. The molecule has 4 heteroatoms. The lowest BCUT2D eigenvalue weighted by atomic mass is 9.30. The number of rotatable bonds is 0. The molecule has 0 N–H and O–H groups in total. The van der Waals surface area contributed by atoms with Crippen molar-refractivity contribution in [1.29, 1.82) is 0 Å². The van der Waals surface area contributed by atoms with Crippen LogP contribution in [0.4, 0.5) is 0 Å². The lowest BCUT2D eigenvalue weighted by Crippen LogP contribution is -2.62. The number of hydrogen-bond donors (Lipinski definition) is 0. The Bertz CT molecular complexity index is 2110. The van der Waals surface area contributed by atoms with Crippen molar-refractivity contribution in [3.05, 3.63) is 102 Å². The van der Waals surface area contributed by atoms with E-state index in [9.17, 15) is 0 Å². The third-order valence-electron chi connectivity index (χ3n) is 8.57. The van der Waals surface area contributed by atoms with Crippen LogP contribution in [0.1, 0.15) is 25.0 Å². The van der Waals surface area contributed by atoms with E-state index in [4.69, 9.17) is 13.6 Å². The molecule has 0 bridgehead atoms. The van der Waals surface area contributed by atoms with Gasteiger partial charge in [0.05, 0.1) is 0 Å². The van der Waals surface area contributed by atoms with E-state index in [1.165, 1.54) is 32.9 Å². The van der Waals surface area contributed by atoms with Crippen LogP contribution >= 0.6 is 0 Å². The summed E-state index contributed by atoms with van der Waals surface area (Å²) in [7, 11) is 0. The molecule has 0 saturated heterocycles. The Hall–Kier alpha value is -4.44. The minimum Gasteiger partial charge on any atom is -0.458 e. The highest BCUT2D eigenvalue weighted by atomic mass is 16.5. The molecule has 0 aliphatic carbocycles. The third kappa shape index (κ3) is 2.34. The number of hydrogen-bond acceptors (Lipinski definition) is 3. The highest BCUT2D eigenvalue weighted by molar-refractivity contribution is 6.98. The van der Waals surface area contributed by atoms with Gasteiger partial charge in [-0.1, -0.05) is 86.0 Å². The Morgan fingerprint density at radius 3 is 2.14 bits per heavy atom.